The third-order valence-electron chi connectivity index (χ3n) is 6.82. The molecular formula is C22H35N5O3. The van der Waals surface area contributed by atoms with E-state index < -0.39 is 0 Å². The molecule has 0 aromatic carbocycles. The maximum absolute atomic E-state index is 12.5. The summed E-state index contributed by atoms with van der Waals surface area (Å²) in [6.45, 7) is 3.71. The third-order valence-corrected chi connectivity index (χ3v) is 6.82. The van der Waals surface area contributed by atoms with Gasteiger partial charge < -0.3 is 20.3 Å². The van der Waals surface area contributed by atoms with E-state index in [9.17, 15) is 9.59 Å². The van der Waals surface area contributed by atoms with Gasteiger partial charge in [-0.2, -0.15) is 5.10 Å². The van der Waals surface area contributed by atoms with Crippen LogP contribution in [0.15, 0.2) is 0 Å². The Morgan fingerprint density at radius 1 is 1.13 bits per heavy atom. The molecule has 2 heterocycles. The van der Waals surface area contributed by atoms with E-state index in [2.05, 4.69) is 20.8 Å². The van der Waals surface area contributed by atoms with Gasteiger partial charge in [-0.1, -0.05) is 0 Å². The smallest absolute Gasteiger partial charge is 0.409 e. The fraction of sp³-hybridized carbons (Fsp3) is 0.773. The lowest BCUT2D eigenvalue weighted by Gasteiger charge is -2.42. The number of ether oxygens (including phenoxy) is 1. The molecule has 0 radical (unpaired) electrons. The minimum absolute atomic E-state index is 0.121. The number of hydrogen-bond donors (Lipinski definition) is 3. The first-order chi connectivity index (χ1) is 14.6. The first kappa shape index (κ1) is 21.2. The maximum Gasteiger partial charge on any atom is 0.409 e. The van der Waals surface area contributed by atoms with E-state index in [1.54, 1.807) is 4.90 Å². The van der Waals surface area contributed by atoms with Crippen molar-refractivity contribution in [1.29, 1.82) is 0 Å². The summed E-state index contributed by atoms with van der Waals surface area (Å²) in [5, 5.41) is 14.5. The Kier molecular flexibility index (Phi) is 6.92. The van der Waals surface area contributed by atoms with Gasteiger partial charge in [-0.15, -0.1) is 0 Å². The van der Waals surface area contributed by atoms with Crippen molar-refractivity contribution in [3.05, 3.63) is 17.0 Å². The van der Waals surface area contributed by atoms with Gasteiger partial charge in [0.2, 0.25) is 5.91 Å². The SMILES string of the molecule is CCOC(=O)N1CCC(N[C@@H]2CC[C@@H]2NC(=O)CCc2n[nH]c3c2CCCC3)CC1. The van der Waals surface area contributed by atoms with E-state index >= 15 is 0 Å². The van der Waals surface area contributed by atoms with Gasteiger partial charge in [0.15, 0.2) is 0 Å². The second-order valence-corrected chi connectivity index (χ2v) is 8.82. The van der Waals surface area contributed by atoms with Crippen LogP contribution in [0.3, 0.4) is 0 Å². The van der Waals surface area contributed by atoms with E-state index in [1.165, 1.54) is 24.1 Å². The van der Waals surface area contributed by atoms with Crippen LogP contribution in [0.4, 0.5) is 4.79 Å². The molecule has 0 spiro atoms. The summed E-state index contributed by atoms with van der Waals surface area (Å²) in [6.07, 6.45) is 9.62. The van der Waals surface area contributed by atoms with Crippen LogP contribution in [0.1, 0.15) is 68.8 Å². The predicted octanol–water partition coefficient (Wildman–Crippen LogP) is 2.08. The Bertz CT molecular complexity index is 741. The molecule has 2 amide bonds. The molecule has 2 aliphatic carbocycles. The molecule has 0 unspecified atom stereocenters. The van der Waals surface area contributed by atoms with Gasteiger partial charge in [0.05, 0.1) is 12.3 Å². The van der Waals surface area contributed by atoms with Gasteiger partial charge in [0, 0.05) is 49.8 Å². The molecule has 3 aliphatic rings. The van der Waals surface area contributed by atoms with Crippen molar-refractivity contribution in [2.45, 2.75) is 89.3 Å². The summed E-state index contributed by atoms with van der Waals surface area (Å²) >= 11 is 0. The van der Waals surface area contributed by atoms with Crippen molar-refractivity contribution in [3.8, 4) is 0 Å². The number of nitrogens with zero attached hydrogens (tertiary/aromatic N) is 2. The fourth-order valence-electron chi connectivity index (χ4n) is 4.89. The molecule has 8 heteroatoms. The Morgan fingerprint density at radius 2 is 1.90 bits per heavy atom. The Labute approximate surface area is 178 Å². The number of rotatable bonds is 7. The average molecular weight is 418 g/mol. The van der Waals surface area contributed by atoms with Crippen molar-refractivity contribution < 1.29 is 14.3 Å². The van der Waals surface area contributed by atoms with E-state index in [-0.39, 0.29) is 18.0 Å². The highest BCUT2D eigenvalue weighted by molar-refractivity contribution is 5.76. The largest absolute Gasteiger partial charge is 0.450 e. The van der Waals surface area contributed by atoms with Crippen molar-refractivity contribution >= 4 is 12.0 Å². The molecule has 4 rings (SSSR count). The molecule has 166 valence electrons. The van der Waals surface area contributed by atoms with Crippen LogP contribution in [0.2, 0.25) is 0 Å². The van der Waals surface area contributed by atoms with Gasteiger partial charge >= 0.3 is 6.09 Å². The van der Waals surface area contributed by atoms with E-state index in [0.29, 0.717) is 25.1 Å². The van der Waals surface area contributed by atoms with Crippen LogP contribution in [0.25, 0.3) is 0 Å². The van der Waals surface area contributed by atoms with Gasteiger partial charge in [0.25, 0.3) is 0 Å². The number of fused-ring (bicyclic) bond motifs is 1. The minimum atomic E-state index is -0.206. The number of H-pyrrole nitrogens is 1. The Balaban J connectivity index is 1.17. The second-order valence-electron chi connectivity index (χ2n) is 8.82. The van der Waals surface area contributed by atoms with Crippen molar-refractivity contribution in [1.82, 2.24) is 25.7 Å². The molecule has 3 N–H and O–H groups in total. The highest BCUT2D eigenvalue weighted by Gasteiger charge is 2.34. The summed E-state index contributed by atoms with van der Waals surface area (Å²) in [5.74, 6) is 0.121. The zero-order chi connectivity index (χ0) is 20.9. The molecular weight excluding hydrogens is 382 g/mol. The van der Waals surface area contributed by atoms with Crippen LogP contribution >= 0.6 is 0 Å². The third kappa shape index (κ3) is 4.96. The zero-order valence-corrected chi connectivity index (χ0v) is 18.0. The lowest BCUT2D eigenvalue weighted by Crippen LogP contribution is -2.60. The molecule has 1 aliphatic heterocycles. The number of amides is 2. The van der Waals surface area contributed by atoms with Crippen molar-refractivity contribution in [2.24, 2.45) is 0 Å². The quantitative estimate of drug-likeness (QED) is 0.631. The molecule has 2 atom stereocenters. The zero-order valence-electron chi connectivity index (χ0n) is 18.0. The molecule has 8 nitrogen and oxygen atoms in total. The average Bonchev–Trinajstić information content (AvgIpc) is 3.17. The van der Waals surface area contributed by atoms with Crippen molar-refractivity contribution in [3.63, 3.8) is 0 Å². The van der Waals surface area contributed by atoms with E-state index in [1.807, 2.05) is 6.92 Å². The second kappa shape index (κ2) is 9.81. The number of piperidine rings is 1. The van der Waals surface area contributed by atoms with Gasteiger partial charge in [-0.05, 0) is 63.9 Å². The van der Waals surface area contributed by atoms with Crippen LogP contribution in [0.5, 0.6) is 0 Å². The first-order valence-corrected chi connectivity index (χ1v) is 11.7. The Hall–Kier alpha value is -2.09. The van der Waals surface area contributed by atoms with Gasteiger partial charge in [-0.3, -0.25) is 9.89 Å². The normalized spacial score (nSPS) is 24.1. The molecule has 1 aromatic heterocycles. The highest BCUT2D eigenvalue weighted by Crippen LogP contribution is 2.24. The molecule has 30 heavy (non-hydrogen) atoms. The number of hydrogen-bond acceptors (Lipinski definition) is 5. The monoisotopic (exact) mass is 417 g/mol. The summed E-state index contributed by atoms with van der Waals surface area (Å²) in [6, 6.07) is 0.955. The molecule has 1 saturated carbocycles. The lowest BCUT2D eigenvalue weighted by atomic mass is 9.84. The van der Waals surface area contributed by atoms with E-state index in [0.717, 1.165) is 63.7 Å². The fourth-order valence-corrected chi connectivity index (χ4v) is 4.89. The minimum Gasteiger partial charge on any atom is -0.450 e. The number of aromatic nitrogens is 2. The maximum atomic E-state index is 12.5. The Morgan fingerprint density at radius 3 is 2.63 bits per heavy atom. The number of carbonyl (C=O) groups is 2. The van der Waals surface area contributed by atoms with Crippen LogP contribution in [0, 0.1) is 0 Å². The number of aromatic amines is 1. The van der Waals surface area contributed by atoms with E-state index in [4.69, 9.17) is 4.74 Å². The summed E-state index contributed by atoms with van der Waals surface area (Å²) in [7, 11) is 0. The highest BCUT2D eigenvalue weighted by atomic mass is 16.6. The van der Waals surface area contributed by atoms with Gasteiger partial charge in [-0.25, -0.2) is 4.79 Å². The molecule has 0 bridgehead atoms. The van der Waals surface area contributed by atoms with Crippen LogP contribution in [-0.2, 0) is 28.8 Å². The van der Waals surface area contributed by atoms with Gasteiger partial charge in [0.1, 0.15) is 0 Å². The number of likely N-dealkylation sites (tertiary alicyclic amines) is 1. The summed E-state index contributed by atoms with van der Waals surface area (Å²) in [4.78, 5) is 26.1. The topological polar surface area (TPSA) is 99.3 Å². The number of nitrogens with one attached hydrogen (secondary N) is 3. The summed E-state index contributed by atoms with van der Waals surface area (Å²) < 4.78 is 5.08. The number of carbonyl (C=O) groups excluding carboxylic acids is 2. The molecule has 1 saturated heterocycles. The van der Waals surface area contributed by atoms with Crippen molar-refractivity contribution in [2.75, 3.05) is 19.7 Å². The molecule has 2 fully saturated rings. The lowest BCUT2D eigenvalue weighted by molar-refractivity contribution is -0.122. The number of aryl methyl sites for hydroxylation is 2. The standard InChI is InChI=1S/C22H35N5O3/c1-2-30-22(29)27-13-11-15(12-14-27)23-19-7-8-20(19)24-21(28)10-9-18-16-5-3-4-6-17(16)25-26-18/h15,19-20,23H,2-14H2,1H3,(H,24,28)(H,25,26)/t19-,20+/m1/s1. The van der Waals surface area contributed by atoms with Crippen LogP contribution < -0.4 is 10.6 Å². The predicted molar refractivity (Wildman–Crippen MR) is 113 cm³/mol. The first-order valence-electron chi connectivity index (χ1n) is 11.7. The summed E-state index contributed by atoms with van der Waals surface area (Å²) in [5.41, 5.74) is 3.71. The molecule has 1 aromatic rings. The van der Waals surface area contributed by atoms with Crippen LogP contribution in [-0.4, -0.2) is 64.9 Å².